The highest BCUT2D eigenvalue weighted by molar-refractivity contribution is 7.99. The third-order valence-electron chi connectivity index (χ3n) is 5.45. The summed E-state index contributed by atoms with van der Waals surface area (Å²) < 4.78 is 3.48. The van der Waals surface area contributed by atoms with Gasteiger partial charge in [-0.1, -0.05) is 49.0 Å². The third-order valence-corrected chi connectivity index (χ3v) is 6.37. The van der Waals surface area contributed by atoms with Crippen molar-refractivity contribution in [3.8, 4) is 0 Å². The fourth-order valence-corrected chi connectivity index (χ4v) is 4.54. The number of hydrogen-bond donors (Lipinski definition) is 1. The van der Waals surface area contributed by atoms with Crippen LogP contribution >= 0.6 is 11.8 Å². The molecule has 0 spiro atoms. The Kier molecular flexibility index (Phi) is 6.85. The number of rotatable bonds is 8. The number of carbonyl (C=O) groups excluding carboxylic acids is 1. The van der Waals surface area contributed by atoms with Crippen molar-refractivity contribution in [2.24, 2.45) is 10.2 Å². The first-order valence-corrected chi connectivity index (χ1v) is 12.5. The molecule has 0 unspecified atom stereocenters. The Morgan fingerprint density at radius 2 is 1.61 bits per heavy atom. The van der Waals surface area contributed by atoms with Crippen molar-refractivity contribution in [3.05, 3.63) is 89.2 Å². The molecule has 2 aromatic heterocycles. The standard InChI is InChI=1S/C26H23N7O2S/c1-2-16-32-24(35)21-10-6-7-11-22(21)33-25(32)30-31-26(33)36-17-23(34)27-18-12-14-20(15-13-18)29-28-19-8-4-3-5-9-19/h3-15H,2,16-17H2,1H3,(H,27,34). The zero-order valence-electron chi connectivity index (χ0n) is 19.5. The average Bonchev–Trinajstić information content (AvgIpc) is 3.34. The van der Waals surface area contributed by atoms with Crippen LogP contribution in [0, 0.1) is 0 Å². The molecule has 5 aromatic rings. The van der Waals surface area contributed by atoms with E-state index in [0.717, 1.165) is 17.6 Å². The molecule has 0 aliphatic heterocycles. The lowest BCUT2D eigenvalue weighted by Crippen LogP contribution is -2.23. The number of nitrogens with zero attached hydrogens (tertiary/aromatic N) is 6. The van der Waals surface area contributed by atoms with Crippen LogP contribution in [0.2, 0.25) is 0 Å². The Bertz CT molecular complexity index is 1610. The van der Waals surface area contributed by atoms with Gasteiger partial charge in [-0.25, -0.2) is 0 Å². The molecule has 3 aromatic carbocycles. The number of amides is 1. The van der Waals surface area contributed by atoms with Gasteiger partial charge in [0.1, 0.15) is 0 Å². The molecule has 0 saturated heterocycles. The maximum absolute atomic E-state index is 12.9. The molecule has 36 heavy (non-hydrogen) atoms. The van der Waals surface area contributed by atoms with E-state index >= 15 is 0 Å². The van der Waals surface area contributed by atoms with Gasteiger partial charge < -0.3 is 5.32 Å². The number of azo groups is 1. The van der Waals surface area contributed by atoms with Crippen molar-refractivity contribution < 1.29 is 4.79 Å². The molecule has 0 fully saturated rings. The SMILES string of the molecule is CCCn1c(=O)c2ccccc2n2c(SCC(=O)Nc3ccc(N=Nc4ccccc4)cc3)nnc12. The molecule has 180 valence electrons. The lowest BCUT2D eigenvalue weighted by Gasteiger charge is -2.10. The molecular weight excluding hydrogens is 474 g/mol. The molecule has 9 nitrogen and oxygen atoms in total. The van der Waals surface area contributed by atoms with Crippen LogP contribution < -0.4 is 10.9 Å². The quantitative estimate of drug-likeness (QED) is 0.222. The molecule has 5 rings (SSSR count). The monoisotopic (exact) mass is 497 g/mol. The molecular formula is C26H23N7O2S. The first kappa shape index (κ1) is 23.4. The minimum atomic E-state index is -0.179. The Hall–Kier alpha value is -4.31. The van der Waals surface area contributed by atoms with Crippen LogP contribution in [0.25, 0.3) is 16.7 Å². The van der Waals surface area contributed by atoms with Gasteiger partial charge in [-0.15, -0.1) is 10.2 Å². The van der Waals surface area contributed by atoms with E-state index in [-0.39, 0.29) is 17.2 Å². The predicted octanol–water partition coefficient (Wildman–Crippen LogP) is 5.60. The summed E-state index contributed by atoms with van der Waals surface area (Å²) in [6.07, 6.45) is 0.790. The first-order valence-electron chi connectivity index (χ1n) is 11.5. The number of fused-ring (bicyclic) bond motifs is 3. The largest absolute Gasteiger partial charge is 0.325 e. The van der Waals surface area contributed by atoms with E-state index in [4.69, 9.17) is 0 Å². The molecule has 1 amide bonds. The summed E-state index contributed by atoms with van der Waals surface area (Å²) >= 11 is 1.27. The van der Waals surface area contributed by atoms with Crippen LogP contribution in [0.15, 0.2) is 99.0 Å². The molecule has 0 saturated carbocycles. The fourth-order valence-electron chi connectivity index (χ4n) is 3.80. The van der Waals surface area contributed by atoms with Gasteiger partial charge in [0.15, 0.2) is 5.16 Å². The fraction of sp³-hybridized carbons (Fsp3) is 0.154. The normalized spacial score (nSPS) is 11.5. The minimum absolute atomic E-state index is 0.0895. The van der Waals surface area contributed by atoms with Gasteiger partial charge in [0.05, 0.1) is 28.0 Å². The highest BCUT2D eigenvalue weighted by Crippen LogP contribution is 2.23. The van der Waals surface area contributed by atoms with Gasteiger partial charge in [-0.3, -0.25) is 18.6 Å². The van der Waals surface area contributed by atoms with Gasteiger partial charge in [0.25, 0.3) is 5.56 Å². The minimum Gasteiger partial charge on any atom is -0.325 e. The topological polar surface area (TPSA) is 106 Å². The van der Waals surface area contributed by atoms with Crippen molar-refractivity contribution >= 4 is 51.4 Å². The zero-order valence-corrected chi connectivity index (χ0v) is 20.4. The van der Waals surface area contributed by atoms with E-state index in [1.165, 1.54) is 11.8 Å². The molecule has 0 bridgehead atoms. The predicted molar refractivity (Wildman–Crippen MR) is 141 cm³/mol. The average molecular weight is 498 g/mol. The summed E-state index contributed by atoms with van der Waals surface area (Å²) in [6, 6.07) is 24.0. The van der Waals surface area contributed by atoms with Crippen LogP contribution in [-0.4, -0.2) is 30.8 Å². The lowest BCUT2D eigenvalue weighted by molar-refractivity contribution is -0.113. The van der Waals surface area contributed by atoms with E-state index in [9.17, 15) is 9.59 Å². The number of aromatic nitrogens is 4. The zero-order chi connectivity index (χ0) is 24.9. The van der Waals surface area contributed by atoms with E-state index in [1.807, 2.05) is 59.9 Å². The second-order valence-electron chi connectivity index (χ2n) is 8.01. The van der Waals surface area contributed by atoms with Crippen LogP contribution in [0.3, 0.4) is 0 Å². The number of para-hydroxylation sites is 1. The second-order valence-corrected chi connectivity index (χ2v) is 8.95. The van der Waals surface area contributed by atoms with Crippen LogP contribution in [0.5, 0.6) is 0 Å². The highest BCUT2D eigenvalue weighted by atomic mass is 32.2. The highest BCUT2D eigenvalue weighted by Gasteiger charge is 2.17. The Morgan fingerprint density at radius 1 is 0.917 bits per heavy atom. The van der Waals surface area contributed by atoms with Crippen molar-refractivity contribution in [1.29, 1.82) is 0 Å². The number of carbonyl (C=O) groups is 1. The molecule has 10 heteroatoms. The second kappa shape index (κ2) is 10.5. The third kappa shape index (κ3) is 4.89. The van der Waals surface area contributed by atoms with Gasteiger partial charge in [0.2, 0.25) is 11.7 Å². The summed E-state index contributed by atoms with van der Waals surface area (Å²) in [4.78, 5) is 25.6. The maximum atomic E-state index is 12.9. The van der Waals surface area contributed by atoms with E-state index < -0.39 is 0 Å². The maximum Gasteiger partial charge on any atom is 0.262 e. The van der Waals surface area contributed by atoms with Crippen LogP contribution in [0.4, 0.5) is 17.1 Å². The Morgan fingerprint density at radius 3 is 2.36 bits per heavy atom. The molecule has 0 radical (unpaired) electrons. The van der Waals surface area contributed by atoms with E-state index in [2.05, 4.69) is 25.7 Å². The summed E-state index contributed by atoms with van der Waals surface area (Å²) in [6.45, 7) is 2.55. The molecule has 2 heterocycles. The summed E-state index contributed by atoms with van der Waals surface area (Å²) in [5, 5.41) is 21.0. The Balaban J connectivity index is 1.29. The number of anilines is 1. The van der Waals surface area contributed by atoms with Gasteiger partial charge in [0, 0.05) is 12.2 Å². The van der Waals surface area contributed by atoms with Gasteiger partial charge >= 0.3 is 0 Å². The Labute approximate surface area is 210 Å². The molecule has 0 atom stereocenters. The summed E-state index contributed by atoms with van der Waals surface area (Å²) in [5.41, 5.74) is 2.75. The van der Waals surface area contributed by atoms with Crippen molar-refractivity contribution in [3.63, 3.8) is 0 Å². The number of thioether (sulfide) groups is 1. The van der Waals surface area contributed by atoms with E-state index in [1.54, 1.807) is 34.9 Å². The van der Waals surface area contributed by atoms with Crippen molar-refractivity contribution in [2.75, 3.05) is 11.1 Å². The van der Waals surface area contributed by atoms with Gasteiger partial charge in [-0.2, -0.15) is 10.2 Å². The number of benzene rings is 3. The van der Waals surface area contributed by atoms with Gasteiger partial charge in [-0.05, 0) is 55.0 Å². The summed E-state index contributed by atoms with van der Waals surface area (Å²) in [5.74, 6) is 0.433. The molecule has 1 N–H and O–H groups in total. The summed E-state index contributed by atoms with van der Waals surface area (Å²) in [7, 11) is 0. The lowest BCUT2D eigenvalue weighted by atomic mass is 10.2. The first-order chi connectivity index (χ1) is 17.6. The molecule has 0 aliphatic carbocycles. The number of hydrogen-bond acceptors (Lipinski definition) is 7. The van der Waals surface area contributed by atoms with Crippen molar-refractivity contribution in [2.45, 2.75) is 25.0 Å². The van der Waals surface area contributed by atoms with Crippen molar-refractivity contribution in [1.82, 2.24) is 19.2 Å². The van der Waals surface area contributed by atoms with Crippen LogP contribution in [-0.2, 0) is 11.3 Å². The number of nitrogens with one attached hydrogen (secondary N) is 1. The number of aryl methyl sites for hydroxylation is 1. The van der Waals surface area contributed by atoms with E-state index in [0.29, 0.717) is 34.2 Å². The smallest absolute Gasteiger partial charge is 0.262 e. The molecule has 0 aliphatic rings. The van der Waals surface area contributed by atoms with Crippen LogP contribution in [0.1, 0.15) is 13.3 Å².